The standard InChI is InChI=1S/C17H25ClN2O3.ClH/c1-20(11-13-10-14(18)4-5-15(13)23-3)16(21)17(12-22-2)6-8-19-9-7-17;/h4-5,10,19H,6-9,11-12H2,1-3H3;1H. The second-order valence-corrected chi connectivity index (χ2v) is 6.52. The molecule has 0 atom stereocenters. The highest BCUT2D eigenvalue weighted by atomic mass is 35.5. The number of hydrogen-bond donors (Lipinski definition) is 1. The minimum absolute atomic E-state index is 0. The summed E-state index contributed by atoms with van der Waals surface area (Å²) in [5.41, 5.74) is 0.456. The van der Waals surface area contributed by atoms with E-state index in [1.54, 1.807) is 25.2 Å². The number of hydrogen-bond acceptors (Lipinski definition) is 4. The molecule has 1 saturated heterocycles. The average molecular weight is 377 g/mol. The van der Waals surface area contributed by atoms with Crippen molar-refractivity contribution < 1.29 is 14.3 Å². The lowest BCUT2D eigenvalue weighted by molar-refractivity contribution is -0.146. The topological polar surface area (TPSA) is 50.8 Å². The number of ether oxygens (including phenoxy) is 2. The Morgan fingerprint density at radius 2 is 2.00 bits per heavy atom. The van der Waals surface area contributed by atoms with Crippen LogP contribution in [-0.2, 0) is 16.1 Å². The third-order valence-electron chi connectivity index (χ3n) is 4.43. The number of rotatable bonds is 6. The molecule has 1 aliphatic heterocycles. The molecule has 1 fully saturated rings. The first-order valence-electron chi connectivity index (χ1n) is 7.80. The molecule has 5 nitrogen and oxygen atoms in total. The number of methoxy groups -OCH3 is 2. The van der Waals surface area contributed by atoms with Crippen molar-refractivity contribution in [3.8, 4) is 5.75 Å². The fourth-order valence-corrected chi connectivity index (χ4v) is 3.40. The first-order valence-corrected chi connectivity index (χ1v) is 8.18. The van der Waals surface area contributed by atoms with Crippen LogP contribution >= 0.6 is 24.0 Å². The monoisotopic (exact) mass is 376 g/mol. The van der Waals surface area contributed by atoms with Gasteiger partial charge in [0, 0.05) is 31.3 Å². The first kappa shape index (κ1) is 21.0. The van der Waals surface area contributed by atoms with Gasteiger partial charge in [-0.25, -0.2) is 0 Å². The summed E-state index contributed by atoms with van der Waals surface area (Å²) in [6, 6.07) is 5.45. The summed E-state index contributed by atoms with van der Waals surface area (Å²) in [5.74, 6) is 0.850. The van der Waals surface area contributed by atoms with Gasteiger partial charge in [-0.3, -0.25) is 4.79 Å². The van der Waals surface area contributed by atoms with E-state index in [9.17, 15) is 4.79 Å². The van der Waals surface area contributed by atoms with Crippen LogP contribution in [-0.4, -0.2) is 51.8 Å². The predicted molar refractivity (Wildman–Crippen MR) is 98.1 cm³/mol. The van der Waals surface area contributed by atoms with Crippen LogP contribution in [0.3, 0.4) is 0 Å². The molecule has 0 spiro atoms. The Balaban J connectivity index is 0.00000288. The predicted octanol–water partition coefficient (Wildman–Crippen LogP) is 2.75. The molecule has 0 bridgehead atoms. The number of halogens is 2. The number of amides is 1. The molecule has 1 aromatic rings. The third kappa shape index (κ3) is 4.76. The summed E-state index contributed by atoms with van der Waals surface area (Å²) < 4.78 is 10.7. The van der Waals surface area contributed by atoms with Crippen LogP contribution in [0.25, 0.3) is 0 Å². The molecule has 2 rings (SSSR count). The number of piperidine rings is 1. The quantitative estimate of drug-likeness (QED) is 0.828. The molecular weight excluding hydrogens is 351 g/mol. The summed E-state index contributed by atoms with van der Waals surface area (Å²) in [4.78, 5) is 14.8. The van der Waals surface area contributed by atoms with Crippen LogP contribution in [0.2, 0.25) is 5.02 Å². The maximum absolute atomic E-state index is 13.0. The number of benzene rings is 1. The van der Waals surface area contributed by atoms with E-state index < -0.39 is 5.41 Å². The van der Waals surface area contributed by atoms with Crippen molar-refractivity contribution in [3.05, 3.63) is 28.8 Å². The lowest BCUT2D eigenvalue weighted by Crippen LogP contribution is -2.50. The third-order valence-corrected chi connectivity index (χ3v) is 4.67. The average Bonchev–Trinajstić information content (AvgIpc) is 2.55. The van der Waals surface area contributed by atoms with Gasteiger partial charge in [0.05, 0.1) is 19.1 Å². The van der Waals surface area contributed by atoms with Gasteiger partial charge in [0.2, 0.25) is 5.91 Å². The molecule has 136 valence electrons. The largest absolute Gasteiger partial charge is 0.496 e. The van der Waals surface area contributed by atoms with Crippen molar-refractivity contribution >= 4 is 29.9 Å². The zero-order valence-corrected chi connectivity index (χ0v) is 16.0. The molecule has 0 aliphatic carbocycles. The van der Waals surface area contributed by atoms with Crippen LogP contribution in [0, 0.1) is 5.41 Å². The van der Waals surface area contributed by atoms with Gasteiger partial charge in [-0.2, -0.15) is 0 Å². The normalized spacial score (nSPS) is 16.2. The Hall–Kier alpha value is -1.01. The van der Waals surface area contributed by atoms with Gasteiger partial charge in [-0.1, -0.05) is 11.6 Å². The highest BCUT2D eigenvalue weighted by molar-refractivity contribution is 6.30. The number of nitrogens with one attached hydrogen (secondary N) is 1. The first-order chi connectivity index (χ1) is 11.0. The van der Waals surface area contributed by atoms with Gasteiger partial charge in [-0.15, -0.1) is 12.4 Å². The summed E-state index contributed by atoms with van der Waals surface area (Å²) in [6.07, 6.45) is 1.58. The van der Waals surface area contributed by atoms with E-state index in [1.807, 2.05) is 19.2 Å². The van der Waals surface area contributed by atoms with Crippen LogP contribution in [0.1, 0.15) is 18.4 Å². The van der Waals surface area contributed by atoms with E-state index in [2.05, 4.69) is 5.32 Å². The van der Waals surface area contributed by atoms with Crippen LogP contribution in [0.15, 0.2) is 18.2 Å². The highest BCUT2D eigenvalue weighted by Crippen LogP contribution is 2.32. The van der Waals surface area contributed by atoms with Crippen molar-refractivity contribution in [2.45, 2.75) is 19.4 Å². The van der Waals surface area contributed by atoms with E-state index in [4.69, 9.17) is 21.1 Å². The van der Waals surface area contributed by atoms with Gasteiger partial charge in [0.25, 0.3) is 0 Å². The second kappa shape index (κ2) is 9.47. The van der Waals surface area contributed by atoms with Crippen molar-refractivity contribution in [1.82, 2.24) is 10.2 Å². The highest BCUT2D eigenvalue weighted by Gasteiger charge is 2.41. The Bertz CT molecular complexity index is 543. The zero-order valence-electron chi connectivity index (χ0n) is 14.4. The molecule has 1 amide bonds. The van der Waals surface area contributed by atoms with Crippen molar-refractivity contribution in [2.24, 2.45) is 5.41 Å². The van der Waals surface area contributed by atoms with Gasteiger partial charge < -0.3 is 19.7 Å². The number of carbonyl (C=O) groups excluding carboxylic acids is 1. The zero-order chi connectivity index (χ0) is 16.9. The maximum atomic E-state index is 13.0. The Morgan fingerprint density at radius 3 is 2.58 bits per heavy atom. The molecule has 0 unspecified atom stereocenters. The van der Waals surface area contributed by atoms with Gasteiger partial charge in [-0.05, 0) is 44.1 Å². The summed E-state index contributed by atoms with van der Waals surface area (Å²) >= 11 is 6.08. The molecule has 1 heterocycles. The second-order valence-electron chi connectivity index (χ2n) is 6.08. The summed E-state index contributed by atoms with van der Waals surface area (Å²) in [5, 5.41) is 3.94. The Kier molecular flexibility index (Phi) is 8.30. The van der Waals surface area contributed by atoms with E-state index in [-0.39, 0.29) is 18.3 Å². The van der Waals surface area contributed by atoms with Crippen LogP contribution < -0.4 is 10.1 Å². The van der Waals surface area contributed by atoms with E-state index in [1.165, 1.54) is 0 Å². The van der Waals surface area contributed by atoms with E-state index in [0.29, 0.717) is 18.2 Å². The fraction of sp³-hybridized carbons (Fsp3) is 0.588. The summed E-state index contributed by atoms with van der Waals surface area (Å²) in [6.45, 7) is 2.58. The molecule has 0 aromatic heterocycles. The maximum Gasteiger partial charge on any atom is 0.231 e. The Labute approximate surface area is 155 Å². The smallest absolute Gasteiger partial charge is 0.231 e. The van der Waals surface area contributed by atoms with Crippen molar-refractivity contribution in [1.29, 1.82) is 0 Å². The van der Waals surface area contributed by atoms with Gasteiger partial charge in [0.1, 0.15) is 5.75 Å². The molecule has 0 radical (unpaired) electrons. The van der Waals surface area contributed by atoms with E-state index in [0.717, 1.165) is 37.2 Å². The Morgan fingerprint density at radius 1 is 1.33 bits per heavy atom. The molecular formula is C17H26Cl2N2O3. The fourth-order valence-electron chi connectivity index (χ4n) is 3.20. The molecule has 1 aliphatic rings. The summed E-state index contributed by atoms with van der Waals surface area (Å²) in [7, 11) is 5.09. The lowest BCUT2D eigenvalue weighted by Gasteiger charge is -2.38. The SMILES string of the molecule is COCC1(C(=O)N(C)Cc2cc(Cl)ccc2OC)CCNCC1.Cl. The minimum Gasteiger partial charge on any atom is -0.496 e. The lowest BCUT2D eigenvalue weighted by atomic mass is 9.78. The molecule has 0 saturated carbocycles. The van der Waals surface area contributed by atoms with Crippen LogP contribution in [0.4, 0.5) is 0 Å². The molecule has 7 heteroatoms. The van der Waals surface area contributed by atoms with Crippen LogP contribution in [0.5, 0.6) is 5.75 Å². The minimum atomic E-state index is -0.444. The number of nitrogens with zero attached hydrogens (tertiary/aromatic N) is 1. The number of carbonyl (C=O) groups is 1. The van der Waals surface area contributed by atoms with Crippen molar-refractivity contribution in [3.63, 3.8) is 0 Å². The van der Waals surface area contributed by atoms with Crippen molar-refractivity contribution in [2.75, 3.05) is 41.0 Å². The molecule has 1 aromatic carbocycles. The van der Waals surface area contributed by atoms with E-state index >= 15 is 0 Å². The van der Waals surface area contributed by atoms with Gasteiger partial charge >= 0.3 is 0 Å². The van der Waals surface area contributed by atoms with Gasteiger partial charge in [0.15, 0.2) is 0 Å². The molecule has 1 N–H and O–H groups in total. The molecule has 24 heavy (non-hydrogen) atoms.